The highest BCUT2D eigenvalue weighted by molar-refractivity contribution is 6.16. The predicted octanol–water partition coefficient (Wildman–Crippen LogP) is 11.1. The summed E-state index contributed by atoms with van der Waals surface area (Å²) in [6, 6.07) is 53.3. The zero-order valence-electron chi connectivity index (χ0n) is 24.7. The molecule has 46 heavy (non-hydrogen) atoms. The molecule has 4 heteroatoms. The molecule has 214 valence electrons. The van der Waals surface area contributed by atoms with Crippen LogP contribution in [0, 0.1) is 0 Å². The van der Waals surface area contributed by atoms with Crippen molar-refractivity contribution in [1.82, 2.24) is 14.5 Å². The van der Waals surface area contributed by atoms with Crippen LogP contribution in [0.25, 0.3) is 93.8 Å². The van der Waals surface area contributed by atoms with Crippen molar-refractivity contribution >= 4 is 65.4 Å². The van der Waals surface area contributed by atoms with Gasteiger partial charge in [0.1, 0.15) is 5.58 Å². The van der Waals surface area contributed by atoms with Crippen LogP contribution in [0.5, 0.6) is 0 Å². The van der Waals surface area contributed by atoms with E-state index in [1.165, 1.54) is 37.9 Å². The fourth-order valence-electron chi connectivity index (χ4n) is 7.06. The lowest BCUT2D eigenvalue weighted by Crippen LogP contribution is -2.02. The van der Waals surface area contributed by atoms with Gasteiger partial charge in [0.25, 0.3) is 0 Å². The molecular weight excluding hydrogens is 562 g/mol. The summed E-state index contributed by atoms with van der Waals surface area (Å²) >= 11 is 0. The molecule has 0 aliphatic carbocycles. The van der Waals surface area contributed by atoms with Crippen LogP contribution in [0.1, 0.15) is 0 Å². The molecule has 0 radical (unpaired) electrons. The topological polar surface area (TPSA) is 43.9 Å². The van der Waals surface area contributed by atoms with E-state index in [2.05, 4.69) is 126 Å². The van der Waals surface area contributed by atoms with E-state index in [1.807, 2.05) is 30.3 Å². The fourth-order valence-corrected chi connectivity index (χ4v) is 7.06. The Kier molecular flexibility index (Phi) is 5.25. The minimum atomic E-state index is 0.570. The summed E-state index contributed by atoms with van der Waals surface area (Å²) in [6.07, 6.45) is 0. The van der Waals surface area contributed by atoms with E-state index in [4.69, 9.17) is 14.4 Å². The van der Waals surface area contributed by atoms with Gasteiger partial charge in [0.2, 0.25) is 5.71 Å². The van der Waals surface area contributed by atoms with Crippen molar-refractivity contribution in [3.8, 4) is 28.3 Å². The first kappa shape index (κ1) is 25.1. The zero-order chi connectivity index (χ0) is 30.2. The Bertz CT molecular complexity index is 2800. The second-order valence-corrected chi connectivity index (χ2v) is 11.8. The Morgan fingerprint density at radius 2 is 1.17 bits per heavy atom. The molecule has 0 aliphatic rings. The normalized spacial score (nSPS) is 11.9. The maximum atomic E-state index is 6.56. The molecule has 0 fully saturated rings. The monoisotopic (exact) mass is 587 g/mol. The molecule has 10 rings (SSSR count). The van der Waals surface area contributed by atoms with Crippen LogP contribution in [0.2, 0.25) is 0 Å². The van der Waals surface area contributed by atoms with E-state index >= 15 is 0 Å². The van der Waals surface area contributed by atoms with E-state index < -0.39 is 0 Å². The molecule has 0 amide bonds. The van der Waals surface area contributed by atoms with Gasteiger partial charge in [0.05, 0.1) is 16.4 Å². The Labute approximate surface area is 263 Å². The molecule has 3 aromatic heterocycles. The minimum absolute atomic E-state index is 0.570. The minimum Gasteiger partial charge on any atom is -0.437 e. The molecule has 0 spiro atoms. The Morgan fingerprint density at radius 1 is 0.457 bits per heavy atom. The van der Waals surface area contributed by atoms with Crippen LogP contribution < -0.4 is 0 Å². The first-order valence-electron chi connectivity index (χ1n) is 15.5. The summed E-state index contributed by atoms with van der Waals surface area (Å²) in [6.45, 7) is 0. The smallest absolute Gasteiger partial charge is 0.233 e. The van der Waals surface area contributed by atoms with Crippen LogP contribution in [0.15, 0.2) is 156 Å². The highest BCUT2D eigenvalue weighted by Gasteiger charge is 2.22. The lowest BCUT2D eigenvalue weighted by molar-refractivity contribution is 0.653. The van der Waals surface area contributed by atoms with Crippen molar-refractivity contribution in [3.63, 3.8) is 0 Å². The number of aromatic nitrogens is 3. The highest BCUT2D eigenvalue weighted by Crippen LogP contribution is 2.41. The first-order valence-corrected chi connectivity index (χ1v) is 15.5. The molecule has 0 bridgehead atoms. The molecule has 7 aromatic carbocycles. The van der Waals surface area contributed by atoms with Gasteiger partial charge in [-0.1, -0.05) is 121 Å². The quantitative estimate of drug-likeness (QED) is 0.207. The van der Waals surface area contributed by atoms with Gasteiger partial charge in [-0.15, -0.1) is 0 Å². The van der Waals surface area contributed by atoms with E-state index in [-0.39, 0.29) is 0 Å². The SMILES string of the molecule is c1ccc(-c2nc(-n3c4ccccc4c4cc5ccccc5cc43)c3c(n2)oc2ccc(-c4cccc5ccccc45)cc23)cc1. The molecule has 0 N–H and O–H groups in total. The molecular formula is C42H25N3O. The van der Waals surface area contributed by atoms with Crippen molar-refractivity contribution in [3.05, 3.63) is 152 Å². The van der Waals surface area contributed by atoms with Gasteiger partial charge in [0.15, 0.2) is 11.6 Å². The second kappa shape index (κ2) is 9.62. The van der Waals surface area contributed by atoms with E-state index in [1.54, 1.807) is 0 Å². The number of hydrogen-bond donors (Lipinski definition) is 0. The van der Waals surface area contributed by atoms with Crippen LogP contribution in [0.3, 0.4) is 0 Å². The van der Waals surface area contributed by atoms with Gasteiger partial charge in [-0.2, -0.15) is 4.98 Å². The summed E-state index contributed by atoms with van der Waals surface area (Å²) in [5.74, 6) is 1.43. The maximum Gasteiger partial charge on any atom is 0.233 e. The zero-order valence-corrected chi connectivity index (χ0v) is 24.7. The largest absolute Gasteiger partial charge is 0.437 e. The Morgan fingerprint density at radius 3 is 2.04 bits per heavy atom. The summed E-state index contributed by atoms with van der Waals surface area (Å²) in [7, 11) is 0. The van der Waals surface area contributed by atoms with Crippen molar-refractivity contribution < 1.29 is 4.42 Å². The summed E-state index contributed by atoms with van der Waals surface area (Å²) < 4.78 is 8.86. The standard InChI is InChI=1S/C42H25N3O/c1-2-12-27(13-3-1)40-43-41(45-36-20-9-8-18-33(36)34-23-28-14-4-5-15-29(28)25-37(34)45)39-35-24-30(21-22-38(35)46-42(39)44-40)32-19-10-16-26-11-6-7-17-31(26)32/h1-25H. The first-order chi connectivity index (χ1) is 22.8. The van der Waals surface area contributed by atoms with Crippen LogP contribution in [0.4, 0.5) is 0 Å². The lowest BCUT2D eigenvalue weighted by atomic mass is 9.97. The molecule has 0 atom stereocenters. The molecule has 10 aromatic rings. The molecule has 0 saturated heterocycles. The lowest BCUT2D eigenvalue weighted by Gasteiger charge is -2.11. The van der Waals surface area contributed by atoms with Crippen molar-refractivity contribution in [1.29, 1.82) is 0 Å². The van der Waals surface area contributed by atoms with Gasteiger partial charge >= 0.3 is 0 Å². The van der Waals surface area contributed by atoms with Gasteiger partial charge in [-0.3, -0.25) is 4.57 Å². The average Bonchev–Trinajstić information content (AvgIpc) is 3.65. The Hall–Kier alpha value is -6.26. The van der Waals surface area contributed by atoms with E-state index in [0.29, 0.717) is 11.5 Å². The number of hydrogen-bond acceptors (Lipinski definition) is 3. The predicted molar refractivity (Wildman–Crippen MR) is 190 cm³/mol. The maximum absolute atomic E-state index is 6.56. The van der Waals surface area contributed by atoms with Crippen LogP contribution >= 0.6 is 0 Å². The number of benzene rings is 7. The summed E-state index contributed by atoms with van der Waals surface area (Å²) in [4.78, 5) is 10.4. The third kappa shape index (κ3) is 3.67. The van der Waals surface area contributed by atoms with Crippen molar-refractivity contribution in [2.45, 2.75) is 0 Å². The molecule has 0 saturated carbocycles. The van der Waals surface area contributed by atoms with Gasteiger partial charge in [0, 0.05) is 21.7 Å². The van der Waals surface area contributed by atoms with Crippen molar-refractivity contribution in [2.24, 2.45) is 0 Å². The molecule has 3 heterocycles. The fraction of sp³-hybridized carbons (Fsp3) is 0. The van der Waals surface area contributed by atoms with Crippen LogP contribution in [-0.4, -0.2) is 14.5 Å². The molecule has 0 aliphatic heterocycles. The van der Waals surface area contributed by atoms with Gasteiger partial charge < -0.3 is 4.42 Å². The van der Waals surface area contributed by atoms with Crippen LogP contribution in [-0.2, 0) is 0 Å². The summed E-state index contributed by atoms with van der Waals surface area (Å²) in [5.41, 5.74) is 6.78. The number of nitrogens with zero attached hydrogens (tertiary/aromatic N) is 3. The third-order valence-corrected chi connectivity index (χ3v) is 9.20. The van der Waals surface area contributed by atoms with Gasteiger partial charge in [-0.25, -0.2) is 4.98 Å². The molecule has 4 nitrogen and oxygen atoms in total. The highest BCUT2D eigenvalue weighted by atomic mass is 16.3. The third-order valence-electron chi connectivity index (χ3n) is 9.20. The second-order valence-electron chi connectivity index (χ2n) is 11.8. The average molecular weight is 588 g/mol. The number of fused-ring (bicyclic) bond motifs is 8. The van der Waals surface area contributed by atoms with Gasteiger partial charge in [-0.05, 0) is 63.0 Å². The number of rotatable bonds is 3. The molecule has 0 unspecified atom stereocenters. The van der Waals surface area contributed by atoms with E-state index in [9.17, 15) is 0 Å². The number of para-hydroxylation sites is 1. The number of furan rings is 1. The Balaban J connectivity index is 1.35. The van der Waals surface area contributed by atoms with E-state index in [0.717, 1.165) is 44.3 Å². The summed E-state index contributed by atoms with van der Waals surface area (Å²) in [5, 5.41) is 9.08. The van der Waals surface area contributed by atoms with Crippen molar-refractivity contribution in [2.75, 3.05) is 0 Å².